The zero-order valence-electron chi connectivity index (χ0n) is 9.05. The van der Waals surface area contributed by atoms with Crippen LogP contribution in [0.3, 0.4) is 0 Å². The number of hydrogen-bond donors (Lipinski definition) is 1. The molecule has 3 nitrogen and oxygen atoms in total. The van der Waals surface area contributed by atoms with Crippen molar-refractivity contribution in [3.8, 4) is 0 Å². The predicted octanol–water partition coefficient (Wildman–Crippen LogP) is 0.705. The molecule has 1 aliphatic heterocycles. The van der Waals surface area contributed by atoms with E-state index in [0.717, 1.165) is 38.7 Å². The summed E-state index contributed by atoms with van der Waals surface area (Å²) in [6.07, 6.45) is 1.14. The smallest absolute Gasteiger partial charge is 0.0477 e. The van der Waals surface area contributed by atoms with Crippen molar-refractivity contribution in [2.45, 2.75) is 32.4 Å². The molecule has 0 aromatic heterocycles. The molecular weight excluding hydrogens is 164 g/mol. The van der Waals surface area contributed by atoms with Crippen LogP contribution in [0, 0.1) is 0 Å². The van der Waals surface area contributed by atoms with Gasteiger partial charge in [-0.3, -0.25) is 4.90 Å². The van der Waals surface area contributed by atoms with Gasteiger partial charge >= 0.3 is 0 Å². The number of rotatable bonds is 6. The molecule has 1 rings (SSSR count). The lowest BCUT2D eigenvalue weighted by atomic mass is 10.1. The van der Waals surface area contributed by atoms with E-state index in [9.17, 15) is 0 Å². The van der Waals surface area contributed by atoms with Crippen molar-refractivity contribution in [3.05, 3.63) is 0 Å². The number of ether oxygens (including phenoxy) is 1. The van der Waals surface area contributed by atoms with Crippen molar-refractivity contribution in [3.63, 3.8) is 0 Å². The monoisotopic (exact) mass is 186 g/mol. The molecule has 13 heavy (non-hydrogen) atoms. The Morgan fingerprint density at radius 2 is 2.23 bits per heavy atom. The summed E-state index contributed by atoms with van der Waals surface area (Å²) < 4.78 is 5.10. The van der Waals surface area contributed by atoms with E-state index < -0.39 is 0 Å². The van der Waals surface area contributed by atoms with Crippen LogP contribution in [0.25, 0.3) is 0 Å². The maximum absolute atomic E-state index is 5.10. The highest BCUT2D eigenvalue weighted by Gasteiger charge is 2.26. The Morgan fingerprint density at radius 3 is 2.62 bits per heavy atom. The van der Waals surface area contributed by atoms with Gasteiger partial charge in [-0.15, -0.1) is 0 Å². The average Bonchev–Trinajstić information content (AvgIpc) is 2.06. The summed E-state index contributed by atoms with van der Waals surface area (Å²) >= 11 is 0. The van der Waals surface area contributed by atoms with Gasteiger partial charge in [0.1, 0.15) is 0 Å². The highest BCUT2D eigenvalue weighted by molar-refractivity contribution is 4.86. The Balaban J connectivity index is 2.26. The zero-order valence-corrected chi connectivity index (χ0v) is 9.05. The number of hydrogen-bond acceptors (Lipinski definition) is 3. The molecule has 0 aromatic rings. The van der Waals surface area contributed by atoms with Gasteiger partial charge in [-0.25, -0.2) is 0 Å². The second-order valence-corrected chi connectivity index (χ2v) is 3.77. The van der Waals surface area contributed by atoms with E-state index in [4.69, 9.17) is 4.74 Å². The highest BCUT2D eigenvalue weighted by atomic mass is 16.5. The van der Waals surface area contributed by atoms with Gasteiger partial charge in [-0.2, -0.15) is 0 Å². The molecule has 1 aliphatic rings. The van der Waals surface area contributed by atoms with Crippen molar-refractivity contribution < 1.29 is 4.74 Å². The first kappa shape index (κ1) is 11.0. The quantitative estimate of drug-likeness (QED) is 0.661. The van der Waals surface area contributed by atoms with Crippen LogP contribution < -0.4 is 5.32 Å². The van der Waals surface area contributed by atoms with Crippen LogP contribution in [-0.2, 0) is 4.74 Å². The fourth-order valence-corrected chi connectivity index (χ4v) is 1.89. The molecule has 1 unspecified atom stereocenters. The molecule has 0 aromatic carbocycles. The van der Waals surface area contributed by atoms with Crippen molar-refractivity contribution in [1.29, 1.82) is 0 Å². The van der Waals surface area contributed by atoms with E-state index >= 15 is 0 Å². The molecule has 1 N–H and O–H groups in total. The molecule has 0 saturated carbocycles. The molecular formula is C10H22N2O. The van der Waals surface area contributed by atoms with Gasteiger partial charge in [-0.05, 0) is 19.9 Å². The normalized spacial score (nSPS) is 20.3. The molecule has 0 aliphatic carbocycles. The number of likely N-dealkylation sites (N-methyl/N-ethyl adjacent to an activating group) is 1. The fourth-order valence-electron chi connectivity index (χ4n) is 1.89. The summed E-state index contributed by atoms with van der Waals surface area (Å²) in [4.78, 5) is 2.56. The molecule has 78 valence electrons. The molecule has 3 heteroatoms. The third kappa shape index (κ3) is 2.93. The van der Waals surface area contributed by atoms with Gasteiger partial charge in [0.05, 0.1) is 0 Å². The second kappa shape index (κ2) is 5.58. The van der Waals surface area contributed by atoms with Crippen LogP contribution in [0.4, 0.5) is 0 Å². The van der Waals surface area contributed by atoms with Crippen LogP contribution in [0.2, 0.25) is 0 Å². The first-order chi connectivity index (χ1) is 6.29. The third-order valence-electron chi connectivity index (χ3n) is 2.90. The number of methoxy groups -OCH3 is 1. The van der Waals surface area contributed by atoms with Crippen molar-refractivity contribution in [2.75, 3.05) is 33.4 Å². The SMILES string of the molecule is CCN(C(C)CCOC)C1CNC1. The molecule has 1 fully saturated rings. The first-order valence-electron chi connectivity index (χ1n) is 5.25. The Labute approximate surface area is 81.4 Å². The number of nitrogens with one attached hydrogen (secondary N) is 1. The minimum atomic E-state index is 0.650. The van der Waals surface area contributed by atoms with Crippen molar-refractivity contribution in [1.82, 2.24) is 10.2 Å². The fraction of sp³-hybridized carbons (Fsp3) is 1.00. The molecule has 0 radical (unpaired) electrons. The second-order valence-electron chi connectivity index (χ2n) is 3.77. The van der Waals surface area contributed by atoms with Crippen molar-refractivity contribution >= 4 is 0 Å². The minimum Gasteiger partial charge on any atom is -0.385 e. The van der Waals surface area contributed by atoms with Crippen LogP contribution in [0.1, 0.15) is 20.3 Å². The lowest BCUT2D eigenvalue weighted by Crippen LogP contribution is -2.59. The topological polar surface area (TPSA) is 24.5 Å². The summed E-state index contributed by atoms with van der Waals surface area (Å²) in [5.74, 6) is 0. The molecule has 0 bridgehead atoms. The van der Waals surface area contributed by atoms with Crippen LogP contribution >= 0.6 is 0 Å². The van der Waals surface area contributed by atoms with E-state index in [1.54, 1.807) is 7.11 Å². The molecule has 0 spiro atoms. The number of nitrogens with zero attached hydrogens (tertiary/aromatic N) is 1. The van der Waals surface area contributed by atoms with Gasteiger partial charge in [0.15, 0.2) is 0 Å². The Bertz CT molecular complexity index is 137. The lowest BCUT2D eigenvalue weighted by molar-refractivity contribution is 0.0837. The lowest BCUT2D eigenvalue weighted by Gasteiger charge is -2.41. The highest BCUT2D eigenvalue weighted by Crippen LogP contribution is 2.11. The molecule has 0 amide bonds. The third-order valence-corrected chi connectivity index (χ3v) is 2.90. The summed E-state index contributed by atoms with van der Waals surface area (Å²) in [7, 11) is 1.77. The van der Waals surface area contributed by atoms with Gasteiger partial charge in [0.25, 0.3) is 0 Å². The first-order valence-corrected chi connectivity index (χ1v) is 5.25. The van der Waals surface area contributed by atoms with Crippen LogP contribution in [0.15, 0.2) is 0 Å². The molecule has 1 saturated heterocycles. The average molecular weight is 186 g/mol. The Hall–Kier alpha value is -0.120. The molecule has 1 heterocycles. The van der Waals surface area contributed by atoms with Crippen LogP contribution in [-0.4, -0.2) is 50.3 Å². The minimum absolute atomic E-state index is 0.650. The van der Waals surface area contributed by atoms with E-state index in [0.29, 0.717) is 6.04 Å². The maximum Gasteiger partial charge on any atom is 0.0477 e. The zero-order chi connectivity index (χ0) is 9.68. The Kier molecular flexibility index (Phi) is 4.70. The molecule has 1 atom stereocenters. The largest absolute Gasteiger partial charge is 0.385 e. The summed E-state index contributed by atoms with van der Waals surface area (Å²) in [6.45, 7) is 8.87. The van der Waals surface area contributed by atoms with Crippen LogP contribution in [0.5, 0.6) is 0 Å². The van der Waals surface area contributed by atoms with E-state index in [1.807, 2.05) is 0 Å². The van der Waals surface area contributed by atoms with Gasteiger partial charge in [0, 0.05) is 38.9 Å². The van der Waals surface area contributed by atoms with E-state index in [1.165, 1.54) is 0 Å². The van der Waals surface area contributed by atoms with Gasteiger partial charge in [0.2, 0.25) is 0 Å². The Morgan fingerprint density at radius 1 is 1.54 bits per heavy atom. The summed E-state index contributed by atoms with van der Waals surface area (Å²) in [6, 6.07) is 1.41. The standard InChI is InChI=1S/C10H22N2O/c1-4-12(10-7-11-8-10)9(2)5-6-13-3/h9-11H,4-8H2,1-3H3. The summed E-state index contributed by atoms with van der Waals surface area (Å²) in [5.41, 5.74) is 0. The predicted molar refractivity (Wildman–Crippen MR) is 55.0 cm³/mol. The van der Waals surface area contributed by atoms with Gasteiger partial charge < -0.3 is 10.1 Å². The summed E-state index contributed by atoms with van der Waals surface area (Å²) in [5, 5.41) is 3.31. The van der Waals surface area contributed by atoms with E-state index in [2.05, 4.69) is 24.1 Å². The van der Waals surface area contributed by atoms with Gasteiger partial charge in [-0.1, -0.05) is 6.92 Å². The van der Waals surface area contributed by atoms with Crippen molar-refractivity contribution in [2.24, 2.45) is 0 Å². The maximum atomic E-state index is 5.10. The van der Waals surface area contributed by atoms with E-state index in [-0.39, 0.29) is 0 Å².